The fourth-order valence-electron chi connectivity index (χ4n) is 4.22. The summed E-state index contributed by atoms with van der Waals surface area (Å²) >= 11 is 0. The van der Waals surface area contributed by atoms with Gasteiger partial charge in [-0.05, 0) is 56.4 Å². The maximum Gasteiger partial charge on any atom is 0.339 e. The normalized spacial score (nSPS) is 13.8. The van der Waals surface area contributed by atoms with Crippen LogP contribution in [0.15, 0.2) is 33.5 Å². The van der Waals surface area contributed by atoms with Gasteiger partial charge in [0.2, 0.25) is 0 Å². The van der Waals surface area contributed by atoms with E-state index < -0.39 is 0 Å². The number of anilines is 1. The third-order valence-corrected chi connectivity index (χ3v) is 5.94. The van der Waals surface area contributed by atoms with Gasteiger partial charge in [0.1, 0.15) is 11.3 Å². The highest BCUT2D eigenvalue weighted by molar-refractivity contribution is 5.87. The quantitative estimate of drug-likeness (QED) is 0.553. The molecule has 0 unspecified atom stereocenters. The Kier molecular flexibility index (Phi) is 4.45. The Balaban J connectivity index is 1.86. The Morgan fingerprint density at radius 2 is 1.79 bits per heavy atom. The predicted molar refractivity (Wildman–Crippen MR) is 114 cm³/mol. The molecule has 0 saturated carbocycles. The van der Waals surface area contributed by atoms with Gasteiger partial charge in [-0.3, -0.25) is 0 Å². The van der Waals surface area contributed by atoms with Crippen molar-refractivity contribution >= 4 is 16.7 Å². The molecule has 4 nitrogen and oxygen atoms in total. The van der Waals surface area contributed by atoms with Crippen LogP contribution in [-0.4, -0.2) is 6.73 Å². The molecule has 4 heteroatoms. The van der Waals surface area contributed by atoms with Gasteiger partial charge in [0.15, 0.2) is 6.73 Å². The van der Waals surface area contributed by atoms with Crippen molar-refractivity contribution < 1.29 is 9.15 Å². The molecule has 2 aromatic carbocycles. The highest BCUT2D eigenvalue weighted by atomic mass is 16.5. The van der Waals surface area contributed by atoms with Crippen molar-refractivity contribution in [3.63, 3.8) is 0 Å². The van der Waals surface area contributed by atoms with E-state index in [-0.39, 0.29) is 5.63 Å². The molecule has 28 heavy (non-hydrogen) atoms. The third-order valence-electron chi connectivity index (χ3n) is 5.94. The predicted octanol–water partition coefficient (Wildman–Crippen LogP) is 5.51. The molecule has 0 spiro atoms. The van der Waals surface area contributed by atoms with Crippen molar-refractivity contribution in [2.45, 2.75) is 54.0 Å². The summed E-state index contributed by atoms with van der Waals surface area (Å²) in [6.45, 7) is 13.6. The van der Waals surface area contributed by atoms with E-state index in [0.29, 0.717) is 23.8 Å². The number of nitrogens with zero attached hydrogens (tertiary/aromatic N) is 1. The SMILES string of the molecule is Cc1cccc(C(C)C)c1N1COc2c(cc3c(C)c(C)c(=O)oc3c2C)C1. The first kappa shape index (κ1) is 18.6. The molecular weight excluding hydrogens is 350 g/mol. The van der Waals surface area contributed by atoms with Crippen LogP contribution in [-0.2, 0) is 6.54 Å². The Labute approximate surface area is 165 Å². The number of hydrogen-bond donors (Lipinski definition) is 0. The molecule has 0 radical (unpaired) electrons. The van der Waals surface area contributed by atoms with Gasteiger partial charge in [0, 0.05) is 34.3 Å². The molecule has 0 fully saturated rings. The lowest BCUT2D eigenvalue weighted by Crippen LogP contribution is -2.33. The molecule has 4 rings (SSSR count). The minimum Gasteiger partial charge on any atom is -0.472 e. The number of benzene rings is 2. The van der Waals surface area contributed by atoms with Crippen LogP contribution in [0.25, 0.3) is 11.0 Å². The van der Waals surface area contributed by atoms with Gasteiger partial charge < -0.3 is 14.1 Å². The molecule has 0 amide bonds. The summed E-state index contributed by atoms with van der Waals surface area (Å²) < 4.78 is 11.8. The molecule has 0 saturated heterocycles. The molecule has 0 aliphatic carbocycles. The van der Waals surface area contributed by atoms with Crippen LogP contribution in [0.1, 0.15) is 53.1 Å². The molecular formula is C24H27NO3. The van der Waals surface area contributed by atoms with Gasteiger partial charge in [0.25, 0.3) is 0 Å². The number of rotatable bonds is 2. The summed E-state index contributed by atoms with van der Waals surface area (Å²) in [6, 6.07) is 8.61. The summed E-state index contributed by atoms with van der Waals surface area (Å²) in [7, 11) is 0. The number of fused-ring (bicyclic) bond motifs is 2. The van der Waals surface area contributed by atoms with Crippen LogP contribution < -0.4 is 15.3 Å². The molecule has 3 aromatic rings. The fourth-order valence-corrected chi connectivity index (χ4v) is 4.22. The highest BCUT2D eigenvalue weighted by Crippen LogP contribution is 2.39. The second kappa shape index (κ2) is 6.69. The van der Waals surface area contributed by atoms with E-state index in [1.807, 2.05) is 20.8 Å². The van der Waals surface area contributed by atoms with Gasteiger partial charge in [-0.1, -0.05) is 32.0 Å². The van der Waals surface area contributed by atoms with E-state index in [2.05, 4.69) is 49.9 Å². The zero-order valence-corrected chi connectivity index (χ0v) is 17.5. The molecule has 1 aliphatic rings. The Morgan fingerprint density at radius 3 is 2.50 bits per heavy atom. The van der Waals surface area contributed by atoms with Gasteiger partial charge in [-0.25, -0.2) is 4.79 Å². The highest BCUT2D eigenvalue weighted by Gasteiger charge is 2.25. The summed E-state index contributed by atoms with van der Waals surface area (Å²) in [4.78, 5) is 14.4. The molecule has 0 atom stereocenters. The molecule has 2 heterocycles. The van der Waals surface area contributed by atoms with Gasteiger partial charge in [-0.15, -0.1) is 0 Å². The average Bonchev–Trinajstić information content (AvgIpc) is 2.67. The van der Waals surface area contributed by atoms with Crippen molar-refractivity contribution in [3.05, 3.63) is 68.1 Å². The van der Waals surface area contributed by atoms with E-state index in [1.54, 1.807) is 0 Å². The van der Waals surface area contributed by atoms with Gasteiger partial charge in [-0.2, -0.15) is 0 Å². The molecule has 1 aromatic heterocycles. The minimum absolute atomic E-state index is 0.271. The zero-order valence-electron chi connectivity index (χ0n) is 17.5. The Morgan fingerprint density at radius 1 is 1.04 bits per heavy atom. The number of aryl methyl sites for hydroxylation is 3. The first-order valence-corrected chi connectivity index (χ1v) is 9.83. The van der Waals surface area contributed by atoms with Crippen LogP contribution in [0.4, 0.5) is 5.69 Å². The molecule has 0 bridgehead atoms. The zero-order chi connectivity index (χ0) is 20.2. The van der Waals surface area contributed by atoms with Crippen LogP contribution >= 0.6 is 0 Å². The maximum atomic E-state index is 12.1. The van der Waals surface area contributed by atoms with Crippen LogP contribution in [0, 0.1) is 27.7 Å². The lowest BCUT2D eigenvalue weighted by atomic mass is 9.96. The number of hydrogen-bond acceptors (Lipinski definition) is 4. The van der Waals surface area contributed by atoms with Crippen LogP contribution in [0.3, 0.4) is 0 Å². The number of ether oxygens (including phenoxy) is 1. The topological polar surface area (TPSA) is 42.7 Å². The monoisotopic (exact) mass is 377 g/mol. The van der Waals surface area contributed by atoms with E-state index in [9.17, 15) is 4.79 Å². The van der Waals surface area contributed by atoms with Crippen molar-refractivity contribution in [1.82, 2.24) is 0 Å². The van der Waals surface area contributed by atoms with E-state index in [1.165, 1.54) is 16.8 Å². The average molecular weight is 377 g/mol. The lowest BCUT2D eigenvalue weighted by molar-refractivity contribution is 0.286. The largest absolute Gasteiger partial charge is 0.472 e. The van der Waals surface area contributed by atoms with Gasteiger partial charge >= 0.3 is 5.63 Å². The molecule has 0 N–H and O–H groups in total. The van der Waals surface area contributed by atoms with E-state index in [4.69, 9.17) is 9.15 Å². The first-order chi connectivity index (χ1) is 13.3. The fraction of sp³-hybridized carbons (Fsp3) is 0.375. The second-order valence-electron chi connectivity index (χ2n) is 8.14. The minimum atomic E-state index is -0.271. The summed E-state index contributed by atoms with van der Waals surface area (Å²) in [5, 5.41) is 0.993. The van der Waals surface area contributed by atoms with Crippen molar-refractivity contribution in [2.75, 3.05) is 11.6 Å². The summed E-state index contributed by atoms with van der Waals surface area (Å²) in [6.07, 6.45) is 0. The van der Waals surface area contributed by atoms with Crippen molar-refractivity contribution in [1.29, 1.82) is 0 Å². The van der Waals surface area contributed by atoms with Crippen LogP contribution in [0.5, 0.6) is 5.75 Å². The maximum absolute atomic E-state index is 12.1. The Bertz CT molecular complexity index is 1140. The summed E-state index contributed by atoms with van der Waals surface area (Å²) in [5.74, 6) is 1.28. The molecule has 146 valence electrons. The standard InChI is InChI=1S/C24H27NO3/c1-13(2)19-9-7-8-14(3)21(19)25-11-18-10-20-15(4)16(5)24(26)28-23(20)17(6)22(18)27-12-25/h7-10,13H,11-12H2,1-6H3. The first-order valence-electron chi connectivity index (χ1n) is 9.83. The smallest absolute Gasteiger partial charge is 0.339 e. The summed E-state index contributed by atoms with van der Waals surface area (Å²) in [5.41, 5.74) is 7.90. The van der Waals surface area contributed by atoms with E-state index >= 15 is 0 Å². The van der Waals surface area contributed by atoms with E-state index in [0.717, 1.165) is 34.4 Å². The Hall–Kier alpha value is -2.75. The third kappa shape index (κ3) is 2.79. The van der Waals surface area contributed by atoms with Gasteiger partial charge in [0.05, 0.1) is 0 Å². The van der Waals surface area contributed by atoms with Crippen molar-refractivity contribution in [2.24, 2.45) is 0 Å². The lowest BCUT2D eigenvalue weighted by Gasteiger charge is -2.35. The van der Waals surface area contributed by atoms with Crippen molar-refractivity contribution in [3.8, 4) is 5.75 Å². The number of para-hydroxylation sites is 1. The van der Waals surface area contributed by atoms with Crippen LogP contribution in [0.2, 0.25) is 0 Å². The molecule has 1 aliphatic heterocycles. The second-order valence-corrected chi connectivity index (χ2v) is 8.14.